The fraction of sp³-hybridized carbons (Fsp3) is 0. The summed E-state index contributed by atoms with van der Waals surface area (Å²) in [6.07, 6.45) is 1.39. The van der Waals surface area contributed by atoms with Crippen LogP contribution in [0.1, 0.15) is 16.1 Å². The lowest BCUT2D eigenvalue weighted by atomic mass is 10.1. The molecule has 0 saturated heterocycles. The maximum atomic E-state index is 12.9. The molecule has 2 aromatic carbocycles. The number of carboxylic acid groups (broad SMARTS) is 1. The number of nitro groups is 1. The number of rotatable bonds is 5. The molecular formula is C22H13N3O7-2. The monoisotopic (exact) mass is 431 g/mol. The smallest absolute Gasteiger partial charge is 0.279 e. The van der Waals surface area contributed by atoms with Gasteiger partial charge in [0.1, 0.15) is 11.5 Å². The Balaban J connectivity index is 1.77. The molecule has 10 nitrogen and oxygen atoms in total. The minimum absolute atomic E-state index is 0.0132. The molecule has 0 radical (unpaired) electrons. The molecule has 2 heterocycles. The summed E-state index contributed by atoms with van der Waals surface area (Å²) in [6.45, 7) is 3.79. The van der Waals surface area contributed by atoms with Gasteiger partial charge in [-0.2, -0.15) is 0 Å². The van der Waals surface area contributed by atoms with E-state index in [0.29, 0.717) is 0 Å². The summed E-state index contributed by atoms with van der Waals surface area (Å²) in [6, 6.07) is 11.9. The molecule has 0 atom stereocenters. The van der Waals surface area contributed by atoms with Crippen LogP contribution in [-0.4, -0.2) is 20.7 Å². The fourth-order valence-corrected chi connectivity index (χ4v) is 3.14. The Morgan fingerprint density at radius 2 is 1.94 bits per heavy atom. The zero-order valence-electron chi connectivity index (χ0n) is 16.2. The van der Waals surface area contributed by atoms with Gasteiger partial charge < -0.3 is 19.4 Å². The molecule has 0 unspecified atom stereocenters. The van der Waals surface area contributed by atoms with Crippen molar-refractivity contribution in [1.29, 1.82) is 0 Å². The molecule has 0 aliphatic rings. The Hall–Kier alpha value is -4.86. The molecule has 4 rings (SSSR count). The molecule has 0 aliphatic heterocycles. The van der Waals surface area contributed by atoms with Crippen LogP contribution in [0.4, 0.5) is 5.69 Å². The topological polar surface area (TPSA) is 157 Å². The van der Waals surface area contributed by atoms with E-state index in [2.05, 4.69) is 11.7 Å². The van der Waals surface area contributed by atoms with E-state index in [9.17, 15) is 29.9 Å². The van der Waals surface area contributed by atoms with Gasteiger partial charge in [0.05, 0.1) is 27.1 Å². The van der Waals surface area contributed by atoms with E-state index in [-0.39, 0.29) is 44.6 Å². The van der Waals surface area contributed by atoms with Crippen molar-refractivity contribution in [2.75, 3.05) is 0 Å². The van der Waals surface area contributed by atoms with Crippen molar-refractivity contribution in [3.63, 3.8) is 0 Å². The molecule has 1 N–H and O–H groups in total. The van der Waals surface area contributed by atoms with Crippen LogP contribution in [-0.2, 0) is 0 Å². The number of nitrogens with one attached hydrogen (secondary N) is 1. The summed E-state index contributed by atoms with van der Waals surface area (Å²) in [5.74, 6) is -1.52. The quantitative estimate of drug-likeness (QED) is 0.344. The number of aromatic amines is 1. The Kier molecular flexibility index (Phi) is 4.95. The molecule has 0 spiro atoms. The highest BCUT2D eigenvalue weighted by Gasteiger charge is 2.12. The summed E-state index contributed by atoms with van der Waals surface area (Å²) in [7, 11) is 0. The van der Waals surface area contributed by atoms with Crippen molar-refractivity contribution in [1.82, 2.24) is 9.78 Å². The van der Waals surface area contributed by atoms with Crippen LogP contribution < -0.4 is 26.3 Å². The first-order valence-corrected chi connectivity index (χ1v) is 9.14. The number of carboxylic acids is 1. The first-order valence-electron chi connectivity index (χ1n) is 9.14. The number of aromatic carboxylic acids is 1. The Bertz CT molecular complexity index is 1540. The normalized spacial score (nSPS) is 11.6. The Morgan fingerprint density at radius 3 is 2.66 bits per heavy atom. The van der Waals surface area contributed by atoms with Crippen molar-refractivity contribution in [3.05, 3.63) is 97.0 Å². The third-order valence-corrected chi connectivity index (χ3v) is 4.70. The largest absolute Gasteiger partial charge is 0.872 e. The van der Waals surface area contributed by atoms with Gasteiger partial charge in [0.25, 0.3) is 11.2 Å². The van der Waals surface area contributed by atoms with Crippen LogP contribution in [0.3, 0.4) is 0 Å². The minimum atomic E-state index is -1.38. The number of benzene rings is 2. The van der Waals surface area contributed by atoms with Gasteiger partial charge in [0.2, 0.25) is 0 Å². The van der Waals surface area contributed by atoms with Gasteiger partial charge in [-0.25, -0.2) is 4.68 Å². The number of nitro benzene ring substituents is 1. The maximum Gasteiger partial charge on any atom is 0.279 e. The van der Waals surface area contributed by atoms with E-state index >= 15 is 0 Å². The number of carbonyl (C=O) groups excluding carboxylic acids is 1. The van der Waals surface area contributed by atoms with Crippen molar-refractivity contribution in [2.45, 2.75) is 0 Å². The van der Waals surface area contributed by atoms with E-state index in [1.165, 1.54) is 42.5 Å². The SMILES string of the molecule is C=c1[nH]n(-c2cccc(C(=O)[O-])c2)c(=O)/c1=C\c1ccc(-c2cc([N+](=O)[O-])ccc2[O-])o1. The van der Waals surface area contributed by atoms with Crippen molar-refractivity contribution < 1.29 is 24.3 Å². The van der Waals surface area contributed by atoms with E-state index < -0.39 is 22.2 Å². The molecule has 2 aromatic heterocycles. The van der Waals surface area contributed by atoms with Crippen molar-refractivity contribution in [3.8, 4) is 22.8 Å². The predicted molar refractivity (Wildman–Crippen MR) is 109 cm³/mol. The van der Waals surface area contributed by atoms with E-state index in [0.717, 1.165) is 22.9 Å². The number of nitrogens with zero attached hydrogens (tertiary/aromatic N) is 2. The zero-order chi connectivity index (χ0) is 23.0. The molecule has 0 saturated carbocycles. The molecule has 0 bridgehead atoms. The highest BCUT2D eigenvalue weighted by molar-refractivity contribution is 5.86. The van der Waals surface area contributed by atoms with Gasteiger partial charge in [-0.3, -0.25) is 20.0 Å². The maximum absolute atomic E-state index is 12.9. The second kappa shape index (κ2) is 7.76. The number of furan rings is 1. The molecular weight excluding hydrogens is 418 g/mol. The van der Waals surface area contributed by atoms with Crippen LogP contribution >= 0.6 is 0 Å². The molecule has 0 fully saturated rings. The van der Waals surface area contributed by atoms with Gasteiger partial charge in [0, 0.05) is 17.7 Å². The first-order chi connectivity index (χ1) is 15.2. The second-order valence-corrected chi connectivity index (χ2v) is 6.77. The minimum Gasteiger partial charge on any atom is -0.872 e. The number of non-ortho nitro benzene ring substituents is 1. The lowest BCUT2D eigenvalue weighted by molar-refractivity contribution is -0.385. The predicted octanol–water partition coefficient (Wildman–Crippen LogP) is 0.01000. The van der Waals surface area contributed by atoms with Gasteiger partial charge in [-0.1, -0.05) is 30.5 Å². The second-order valence-electron chi connectivity index (χ2n) is 6.77. The Labute approximate surface area is 178 Å². The summed E-state index contributed by atoms with van der Waals surface area (Å²) in [4.78, 5) is 34.3. The lowest BCUT2D eigenvalue weighted by Crippen LogP contribution is -2.34. The van der Waals surface area contributed by atoms with Gasteiger partial charge in [-0.05, 0) is 35.9 Å². The molecule has 160 valence electrons. The average Bonchev–Trinajstić information content (AvgIpc) is 3.34. The van der Waals surface area contributed by atoms with Crippen LogP contribution in [0.15, 0.2) is 63.8 Å². The molecule has 4 aromatic rings. The highest BCUT2D eigenvalue weighted by Crippen LogP contribution is 2.32. The van der Waals surface area contributed by atoms with Crippen LogP contribution in [0.25, 0.3) is 29.7 Å². The molecule has 0 aliphatic carbocycles. The highest BCUT2D eigenvalue weighted by atomic mass is 16.6. The van der Waals surface area contributed by atoms with Crippen LogP contribution in [0.2, 0.25) is 0 Å². The summed E-state index contributed by atoms with van der Waals surface area (Å²) in [5, 5.41) is 37.3. The van der Waals surface area contributed by atoms with Crippen LogP contribution in [0, 0.1) is 10.1 Å². The van der Waals surface area contributed by atoms with E-state index in [1.54, 1.807) is 0 Å². The first kappa shape index (κ1) is 20.4. The standard InChI is InChI=1S/C22H15N3O7/c1-12-17(21(27)24(23-12)14-4-2-3-13(9-14)22(28)29)11-16-6-8-20(32-16)18-10-15(25(30)31)5-7-19(18)26/h2-11,23,26H,1H2,(H,28,29)/p-2/b17-11-. The van der Waals surface area contributed by atoms with E-state index in [4.69, 9.17) is 4.42 Å². The third-order valence-electron chi connectivity index (χ3n) is 4.70. The number of H-pyrrole nitrogens is 1. The van der Waals surface area contributed by atoms with Gasteiger partial charge >= 0.3 is 0 Å². The molecule has 32 heavy (non-hydrogen) atoms. The van der Waals surface area contributed by atoms with Gasteiger partial charge in [-0.15, -0.1) is 0 Å². The van der Waals surface area contributed by atoms with Crippen molar-refractivity contribution in [2.24, 2.45) is 0 Å². The number of carbonyl (C=O) groups is 1. The fourth-order valence-electron chi connectivity index (χ4n) is 3.14. The third kappa shape index (κ3) is 3.67. The lowest BCUT2D eigenvalue weighted by Gasteiger charge is -2.10. The van der Waals surface area contributed by atoms with Crippen molar-refractivity contribution >= 4 is 24.3 Å². The molecule has 10 heteroatoms. The van der Waals surface area contributed by atoms with E-state index in [1.807, 2.05) is 0 Å². The average molecular weight is 431 g/mol. The zero-order valence-corrected chi connectivity index (χ0v) is 16.2. The summed E-state index contributed by atoms with van der Waals surface area (Å²) >= 11 is 0. The summed E-state index contributed by atoms with van der Waals surface area (Å²) < 4.78 is 6.74. The number of hydrogen-bond acceptors (Lipinski definition) is 7. The van der Waals surface area contributed by atoms with Crippen LogP contribution in [0.5, 0.6) is 5.75 Å². The Morgan fingerprint density at radius 1 is 1.16 bits per heavy atom. The number of aromatic nitrogens is 2. The van der Waals surface area contributed by atoms with Gasteiger partial charge in [0.15, 0.2) is 0 Å². The molecule has 0 amide bonds. The number of hydrogen-bond donors (Lipinski definition) is 1. The summed E-state index contributed by atoms with van der Waals surface area (Å²) in [5.41, 5.74) is -0.577.